The Labute approximate surface area is 115 Å². The van der Waals surface area contributed by atoms with Crippen molar-refractivity contribution >= 4 is 18.1 Å². The number of nitrogens with one attached hydrogen (secondary N) is 2. The van der Waals surface area contributed by atoms with Crippen molar-refractivity contribution in [2.75, 3.05) is 0 Å². The van der Waals surface area contributed by atoms with Gasteiger partial charge in [0.2, 0.25) is 0 Å². The molecule has 1 heterocycles. The lowest BCUT2D eigenvalue weighted by Crippen LogP contribution is -2.23. The van der Waals surface area contributed by atoms with Gasteiger partial charge in [-0.15, -0.1) is 0 Å². The predicted molar refractivity (Wildman–Crippen MR) is 73.9 cm³/mol. The first-order chi connectivity index (χ1) is 9.08. The molecule has 0 saturated heterocycles. The number of aromatic amines is 1. The van der Waals surface area contributed by atoms with Gasteiger partial charge in [0, 0.05) is 12.7 Å². The summed E-state index contributed by atoms with van der Waals surface area (Å²) in [5, 5.41) is 2.75. The average molecular weight is 276 g/mol. The number of aryl methyl sites for hydroxylation is 1. The summed E-state index contributed by atoms with van der Waals surface area (Å²) in [6.07, 6.45) is 1.67. The maximum absolute atomic E-state index is 13.1. The number of amides is 1. The Morgan fingerprint density at radius 3 is 2.89 bits per heavy atom. The molecule has 19 heavy (non-hydrogen) atoms. The topological polar surface area (TPSA) is 44.9 Å². The summed E-state index contributed by atoms with van der Waals surface area (Å²) >= 11 is 5.03. The van der Waals surface area contributed by atoms with Crippen LogP contribution in [0.4, 0.5) is 4.39 Å². The number of carbonyl (C=O) groups excluding carboxylic acids is 1. The van der Waals surface area contributed by atoms with Crippen molar-refractivity contribution in [3.8, 4) is 0 Å². The number of benzene rings is 1. The third-order valence-corrected chi connectivity index (χ3v) is 3.08. The Morgan fingerprint density at radius 1 is 1.42 bits per heavy atom. The van der Waals surface area contributed by atoms with Gasteiger partial charge < -0.3 is 10.3 Å². The lowest BCUT2D eigenvalue weighted by molar-refractivity contribution is 0.0950. The monoisotopic (exact) mass is 276 g/mol. The van der Waals surface area contributed by atoms with Crippen LogP contribution in [-0.4, -0.2) is 10.9 Å². The van der Waals surface area contributed by atoms with Crippen molar-refractivity contribution in [3.05, 3.63) is 63.7 Å². The Hall–Kier alpha value is -2.01. The van der Waals surface area contributed by atoms with Crippen LogP contribution < -0.4 is 5.32 Å². The van der Waals surface area contributed by atoms with Crippen LogP contribution in [0.2, 0.25) is 0 Å². The first kappa shape index (κ1) is 13.4. The molecule has 0 aliphatic rings. The van der Waals surface area contributed by atoms with Gasteiger partial charge in [0.25, 0.3) is 5.91 Å². The van der Waals surface area contributed by atoms with Crippen LogP contribution in [0.5, 0.6) is 0 Å². The quantitative estimate of drug-likeness (QED) is 0.846. The van der Waals surface area contributed by atoms with Gasteiger partial charge in [-0.3, -0.25) is 4.79 Å². The normalized spacial score (nSPS) is 10.2. The molecule has 2 aromatic rings. The summed E-state index contributed by atoms with van der Waals surface area (Å²) in [4.78, 5) is 14.7. The number of H-pyrrole nitrogens is 1. The first-order valence-electron chi connectivity index (χ1n) is 5.79. The second-order valence-electron chi connectivity index (χ2n) is 4.18. The number of hydrogen-bond donors (Lipinski definition) is 2. The molecule has 0 aliphatic heterocycles. The van der Waals surface area contributed by atoms with Crippen LogP contribution in [0.15, 0.2) is 36.5 Å². The Bertz CT molecular complexity index is 666. The fraction of sp³-hybridized carbons (Fsp3) is 0.143. The molecule has 0 aliphatic carbocycles. The maximum Gasteiger partial charge on any atom is 0.254 e. The number of pyridine rings is 1. The third kappa shape index (κ3) is 3.26. The molecule has 5 heteroatoms. The van der Waals surface area contributed by atoms with Crippen LogP contribution in [-0.2, 0) is 6.54 Å². The van der Waals surface area contributed by atoms with E-state index in [9.17, 15) is 9.18 Å². The van der Waals surface area contributed by atoms with E-state index in [0.29, 0.717) is 22.3 Å². The summed E-state index contributed by atoms with van der Waals surface area (Å²) in [6, 6.07) is 8.12. The van der Waals surface area contributed by atoms with Crippen molar-refractivity contribution in [3.63, 3.8) is 0 Å². The zero-order valence-corrected chi connectivity index (χ0v) is 11.2. The minimum Gasteiger partial charge on any atom is -0.352 e. The largest absolute Gasteiger partial charge is 0.352 e. The summed E-state index contributed by atoms with van der Waals surface area (Å²) < 4.78 is 13.5. The number of rotatable bonds is 3. The molecule has 2 rings (SSSR count). The zero-order chi connectivity index (χ0) is 13.8. The number of aromatic nitrogens is 1. The van der Waals surface area contributed by atoms with Gasteiger partial charge in [-0.1, -0.05) is 24.4 Å². The van der Waals surface area contributed by atoms with Gasteiger partial charge in [-0.2, -0.15) is 0 Å². The summed E-state index contributed by atoms with van der Waals surface area (Å²) in [6.45, 7) is 2.03. The van der Waals surface area contributed by atoms with E-state index in [1.807, 2.05) is 0 Å². The average Bonchev–Trinajstić information content (AvgIpc) is 2.40. The molecule has 0 radical (unpaired) electrons. The molecule has 3 nitrogen and oxygen atoms in total. The fourth-order valence-corrected chi connectivity index (χ4v) is 1.92. The second-order valence-corrected chi connectivity index (χ2v) is 4.59. The van der Waals surface area contributed by atoms with Crippen molar-refractivity contribution < 1.29 is 9.18 Å². The molecular weight excluding hydrogens is 263 g/mol. The van der Waals surface area contributed by atoms with Crippen LogP contribution >= 0.6 is 12.2 Å². The van der Waals surface area contributed by atoms with Gasteiger partial charge in [-0.25, -0.2) is 4.39 Å². The van der Waals surface area contributed by atoms with E-state index in [2.05, 4.69) is 10.3 Å². The Kier molecular flexibility index (Phi) is 4.06. The van der Waals surface area contributed by atoms with Crippen molar-refractivity contribution in [1.82, 2.24) is 10.3 Å². The van der Waals surface area contributed by atoms with Gasteiger partial charge in [-0.05, 0) is 36.2 Å². The van der Waals surface area contributed by atoms with Gasteiger partial charge >= 0.3 is 0 Å². The predicted octanol–water partition coefficient (Wildman–Crippen LogP) is 3.12. The Balaban J connectivity index is 2.07. The van der Waals surface area contributed by atoms with Gasteiger partial charge in [0.05, 0.1) is 5.56 Å². The van der Waals surface area contributed by atoms with Gasteiger partial charge in [0.15, 0.2) is 0 Å². The highest BCUT2D eigenvalue weighted by Crippen LogP contribution is 2.09. The minimum absolute atomic E-state index is 0.246. The summed E-state index contributed by atoms with van der Waals surface area (Å²) in [7, 11) is 0. The summed E-state index contributed by atoms with van der Waals surface area (Å²) in [5.74, 6) is -0.496. The molecule has 0 spiro atoms. The van der Waals surface area contributed by atoms with E-state index < -0.39 is 0 Å². The molecule has 0 fully saturated rings. The van der Waals surface area contributed by atoms with Crippen molar-refractivity contribution in [2.45, 2.75) is 13.5 Å². The molecule has 1 amide bonds. The zero-order valence-electron chi connectivity index (χ0n) is 10.4. The van der Waals surface area contributed by atoms with Crippen LogP contribution in [0, 0.1) is 17.4 Å². The summed E-state index contributed by atoms with van der Waals surface area (Å²) in [5.41, 5.74) is 1.83. The van der Waals surface area contributed by atoms with E-state index in [1.165, 1.54) is 6.07 Å². The second kappa shape index (κ2) is 5.75. The van der Waals surface area contributed by atoms with E-state index >= 15 is 0 Å². The maximum atomic E-state index is 13.1. The van der Waals surface area contributed by atoms with Crippen molar-refractivity contribution in [2.24, 2.45) is 0 Å². The highest BCUT2D eigenvalue weighted by Gasteiger charge is 2.07. The molecule has 2 N–H and O–H groups in total. The lowest BCUT2D eigenvalue weighted by atomic mass is 10.1. The fourth-order valence-electron chi connectivity index (χ4n) is 1.69. The number of halogens is 1. The highest BCUT2D eigenvalue weighted by molar-refractivity contribution is 7.71. The van der Waals surface area contributed by atoms with Gasteiger partial charge in [0.1, 0.15) is 10.5 Å². The minimum atomic E-state index is -0.249. The van der Waals surface area contributed by atoms with Crippen LogP contribution in [0.1, 0.15) is 21.5 Å². The van der Waals surface area contributed by atoms with Crippen molar-refractivity contribution in [1.29, 1.82) is 0 Å². The first-order valence-corrected chi connectivity index (χ1v) is 6.19. The SMILES string of the molecule is Cc1cc(CNC(=O)c2ccc[nH]c2=S)ccc1F. The standard InChI is InChI=1S/C14H13FN2OS/c1-9-7-10(4-5-12(9)15)8-17-13(18)11-3-2-6-16-14(11)19/h2-7H,8H2,1H3,(H,16,19)(H,17,18). The molecule has 0 bridgehead atoms. The Morgan fingerprint density at radius 2 is 2.21 bits per heavy atom. The molecule has 1 aromatic carbocycles. The molecule has 0 saturated carbocycles. The molecule has 0 atom stereocenters. The van der Waals surface area contributed by atoms with Crippen LogP contribution in [0.25, 0.3) is 0 Å². The molecular formula is C14H13FN2OS. The molecule has 98 valence electrons. The molecule has 1 aromatic heterocycles. The smallest absolute Gasteiger partial charge is 0.254 e. The van der Waals surface area contributed by atoms with E-state index in [4.69, 9.17) is 12.2 Å². The highest BCUT2D eigenvalue weighted by atomic mass is 32.1. The van der Waals surface area contributed by atoms with E-state index in [-0.39, 0.29) is 11.7 Å². The number of carbonyl (C=O) groups is 1. The van der Waals surface area contributed by atoms with E-state index in [0.717, 1.165) is 5.56 Å². The molecule has 0 unspecified atom stereocenters. The third-order valence-electron chi connectivity index (χ3n) is 2.74. The van der Waals surface area contributed by atoms with E-state index in [1.54, 1.807) is 37.4 Å². The number of hydrogen-bond acceptors (Lipinski definition) is 2. The lowest BCUT2D eigenvalue weighted by Gasteiger charge is -2.06. The van der Waals surface area contributed by atoms with Crippen LogP contribution in [0.3, 0.4) is 0 Å².